The molecule has 7 atom stereocenters. The lowest BCUT2D eigenvalue weighted by Crippen LogP contribution is -2.70. The van der Waals surface area contributed by atoms with Crippen LogP contribution >= 0.6 is 0 Å². The van der Waals surface area contributed by atoms with Gasteiger partial charge in [0.25, 0.3) is 0 Å². The van der Waals surface area contributed by atoms with Crippen molar-refractivity contribution >= 4 is 17.9 Å². The highest BCUT2D eigenvalue weighted by atomic mass is 16.8. The van der Waals surface area contributed by atoms with Gasteiger partial charge in [-0.15, -0.1) is 6.58 Å². The maximum atomic E-state index is 14.7. The number of allylic oxidation sites excluding steroid dienone is 1. The zero-order chi connectivity index (χ0) is 45.9. The summed E-state index contributed by atoms with van der Waals surface area (Å²) >= 11 is 0. The third-order valence-electron chi connectivity index (χ3n) is 12.5. The van der Waals surface area contributed by atoms with E-state index in [4.69, 9.17) is 43.2 Å². The van der Waals surface area contributed by atoms with E-state index in [1.165, 1.54) is 0 Å². The lowest BCUT2D eigenvalue weighted by Gasteiger charge is -2.59. The van der Waals surface area contributed by atoms with Gasteiger partial charge in [0.15, 0.2) is 0 Å². The number of nitrogens with one attached hydrogen (secondary N) is 1. The molecule has 0 radical (unpaired) electrons. The van der Waals surface area contributed by atoms with Crippen molar-refractivity contribution in [3.8, 4) is 11.5 Å². The Balaban J connectivity index is 1.49. The lowest BCUT2D eigenvalue weighted by molar-refractivity contribution is -0.256. The topological polar surface area (TPSA) is 196 Å². The minimum absolute atomic E-state index is 0.0102. The molecule has 2 amide bonds. The molecule has 358 valence electrons. The highest BCUT2D eigenvalue weighted by Crippen LogP contribution is 2.62. The number of ether oxygens (including phenoxy) is 7. The van der Waals surface area contributed by atoms with Gasteiger partial charge < -0.3 is 58.6 Å². The van der Waals surface area contributed by atoms with E-state index < -0.39 is 36.2 Å². The third kappa shape index (κ3) is 13.1. The fourth-order valence-electron chi connectivity index (χ4n) is 9.65. The first-order valence-corrected chi connectivity index (χ1v) is 23.4. The average molecular weight is 908 g/mol. The van der Waals surface area contributed by atoms with Crippen LogP contribution in [0.1, 0.15) is 88.2 Å². The Morgan fingerprint density at radius 3 is 2.52 bits per heavy atom. The van der Waals surface area contributed by atoms with E-state index in [2.05, 4.69) is 18.0 Å². The van der Waals surface area contributed by atoms with Crippen LogP contribution in [0.25, 0.3) is 0 Å². The molecule has 4 aliphatic rings. The molecule has 2 aliphatic heterocycles. The first kappa shape index (κ1) is 49.9. The maximum absolute atomic E-state index is 14.7. The van der Waals surface area contributed by atoms with Gasteiger partial charge in [-0.2, -0.15) is 0 Å². The van der Waals surface area contributed by atoms with E-state index in [-0.39, 0.29) is 83.6 Å². The Labute approximate surface area is 382 Å². The molecule has 2 aliphatic carbocycles. The number of hydrogen-bond acceptors (Lipinski definition) is 14. The highest BCUT2D eigenvalue weighted by molar-refractivity contribution is 6.03. The van der Waals surface area contributed by atoms with Crippen LogP contribution in [0.15, 0.2) is 78.0 Å². The normalized spacial score (nSPS) is 25.0. The average Bonchev–Trinajstić information content (AvgIpc) is 3.32. The monoisotopic (exact) mass is 907 g/mol. The zero-order valence-corrected chi connectivity index (χ0v) is 37.8. The summed E-state index contributed by atoms with van der Waals surface area (Å²) in [6.07, 6.45) is 9.00. The summed E-state index contributed by atoms with van der Waals surface area (Å²) < 4.78 is 43.7. The van der Waals surface area contributed by atoms with Crippen molar-refractivity contribution in [3.05, 3.63) is 84.0 Å². The molecule has 7 unspecified atom stereocenters. The summed E-state index contributed by atoms with van der Waals surface area (Å²) in [5, 5.41) is 37.1. The first-order chi connectivity index (χ1) is 31.9. The molecule has 1 saturated carbocycles. The van der Waals surface area contributed by atoms with E-state index in [9.17, 15) is 24.9 Å². The Morgan fingerprint density at radius 1 is 0.969 bits per heavy atom. The predicted molar refractivity (Wildman–Crippen MR) is 241 cm³/mol. The highest BCUT2D eigenvalue weighted by Gasteiger charge is 2.65. The predicted octanol–water partition coefficient (Wildman–Crippen LogP) is 6.62. The van der Waals surface area contributed by atoms with Crippen molar-refractivity contribution in [3.63, 3.8) is 0 Å². The standard InChI is InChI=1S/C49H69N3O13/c1-3-25-62-49-43(52(21-27-58-28-24-55)48(57)61-30-29-59-34-35-14-6-5-7-15-35)33-41(51-65-44-18-10-13-26-60-44)39-31-36(16-8-11-22-53)38(17-9-12-23-54)45(46(39)49)40-32-37(19-20-42(40)64-49)63-47(56)50-4-2/h3,5-7,14-15,19-20,31-32,36,38,43-46,53-55H,1,4,8-13,16-18,21-30,33-34H2,2H3,(H,50,56). The number of aliphatic hydroxyl groups is 3. The largest absolute Gasteiger partial charge is 0.459 e. The van der Waals surface area contributed by atoms with Crippen molar-refractivity contribution in [2.75, 3.05) is 72.6 Å². The van der Waals surface area contributed by atoms with E-state index in [0.29, 0.717) is 56.2 Å². The van der Waals surface area contributed by atoms with E-state index in [1.807, 2.05) is 43.3 Å². The molecule has 0 spiro atoms. The summed E-state index contributed by atoms with van der Waals surface area (Å²) in [6.45, 7) is 7.38. The van der Waals surface area contributed by atoms with Crippen LogP contribution in [0.2, 0.25) is 0 Å². The molecule has 16 nitrogen and oxygen atoms in total. The number of nitrogens with zero attached hydrogens (tertiary/aromatic N) is 2. The smallest absolute Gasteiger partial charge is 0.412 e. The van der Waals surface area contributed by atoms with Gasteiger partial charge in [0.05, 0.1) is 57.9 Å². The molecule has 4 N–H and O–H groups in total. The molecule has 2 fully saturated rings. The SMILES string of the molecule is C=CCOC12Oc3ccc(OC(=O)NCC)cc3C3C(CCCCO)C(CCCCO)C=C(C(=NOC4CCCCO4)CC1N(CCOCCO)C(=O)OCCOCc1ccccc1)C32. The minimum Gasteiger partial charge on any atom is -0.459 e. The third-order valence-corrected chi connectivity index (χ3v) is 12.5. The number of hydrogen-bond donors (Lipinski definition) is 4. The van der Waals surface area contributed by atoms with Crippen LogP contribution in [-0.4, -0.2) is 129 Å². The summed E-state index contributed by atoms with van der Waals surface area (Å²) in [4.78, 5) is 35.3. The van der Waals surface area contributed by atoms with E-state index >= 15 is 0 Å². The zero-order valence-electron chi connectivity index (χ0n) is 37.8. The molecule has 0 aromatic heterocycles. The van der Waals surface area contributed by atoms with Gasteiger partial charge in [-0.3, -0.25) is 4.90 Å². The summed E-state index contributed by atoms with van der Waals surface area (Å²) in [7, 11) is 0. The van der Waals surface area contributed by atoms with Crippen molar-refractivity contribution in [2.45, 2.75) is 102 Å². The molecule has 6 rings (SSSR count). The minimum atomic E-state index is -1.56. The number of oxime groups is 1. The number of carbonyl (C=O) groups is 2. The number of fused-ring (bicyclic) bond motifs is 2. The molecule has 65 heavy (non-hydrogen) atoms. The number of benzene rings is 2. The first-order valence-electron chi connectivity index (χ1n) is 23.4. The number of carbonyl (C=O) groups excluding carboxylic acids is 2. The van der Waals surface area contributed by atoms with E-state index in [1.54, 1.807) is 23.1 Å². The van der Waals surface area contributed by atoms with Crippen molar-refractivity contribution in [1.29, 1.82) is 0 Å². The quantitative estimate of drug-likeness (QED) is 0.0447. The second kappa shape index (κ2) is 26.0. The van der Waals surface area contributed by atoms with Crippen LogP contribution in [0.5, 0.6) is 11.5 Å². The van der Waals surface area contributed by atoms with Crippen molar-refractivity contribution < 1.29 is 62.9 Å². The van der Waals surface area contributed by atoms with Gasteiger partial charge in [-0.05, 0) is 86.6 Å². The van der Waals surface area contributed by atoms with Crippen molar-refractivity contribution in [1.82, 2.24) is 10.2 Å². The van der Waals surface area contributed by atoms with Crippen molar-refractivity contribution in [2.24, 2.45) is 22.9 Å². The number of aliphatic hydroxyl groups excluding tert-OH is 3. The Kier molecular flexibility index (Phi) is 19.9. The van der Waals surface area contributed by atoms with Crippen LogP contribution in [0.3, 0.4) is 0 Å². The molecule has 2 heterocycles. The fraction of sp³-hybridized carbons (Fsp3) is 0.612. The van der Waals surface area contributed by atoms with Crippen LogP contribution in [-0.2, 0) is 35.1 Å². The van der Waals surface area contributed by atoms with Gasteiger partial charge in [0.2, 0.25) is 12.1 Å². The molecule has 2 aromatic rings. The molecule has 1 saturated heterocycles. The number of amides is 2. The van der Waals surface area contributed by atoms with Crippen LogP contribution < -0.4 is 14.8 Å². The maximum Gasteiger partial charge on any atom is 0.412 e. The van der Waals surface area contributed by atoms with Gasteiger partial charge in [0.1, 0.15) is 24.1 Å². The molecule has 0 bridgehead atoms. The molecule has 16 heteroatoms. The summed E-state index contributed by atoms with van der Waals surface area (Å²) in [6, 6.07) is 14.2. The second-order valence-corrected chi connectivity index (χ2v) is 16.8. The van der Waals surface area contributed by atoms with Gasteiger partial charge in [-0.1, -0.05) is 60.5 Å². The van der Waals surface area contributed by atoms with Crippen LogP contribution in [0, 0.1) is 17.8 Å². The Bertz CT molecular complexity index is 1860. The van der Waals surface area contributed by atoms with E-state index in [0.717, 1.165) is 55.2 Å². The molecular weight excluding hydrogens is 839 g/mol. The van der Waals surface area contributed by atoms with Crippen LogP contribution in [0.4, 0.5) is 9.59 Å². The van der Waals surface area contributed by atoms with Gasteiger partial charge >= 0.3 is 12.2 Å². The lowest BCUT2D eigenvalue weighted by atomic mass is 9.55. The van der Waals surface area contributed by atoms with Gasteiger partial charge in [0, 0.05) is 50.6 Å². The number of unbranched alkanes of at least 4 members (excludes halogenated alkanes) is 2. The summed E-state index contributed by atoms with van der Waals surface area (Å²) in [5.41, 5.74) is 3.23. The number of rotatable bonds is 26. The van der Waals surface area contributed by atoms with Gasteiger partial charge in [-0.25, -0.2) is 9.59 Å². The summed E-state index contributed by atoms with van der Waals surface area (Å²) in [5.74, 6) is -1.76. The molecule has 2 aromatic carbocycles. The Morgan fingerprint density at radius 2 is 1.78 bits per heavy atom. The second-order valence-electron chi connectivity index (χ2n) is 16.8. The Hall–Kier alpha value is -4.55. The fourth-order valence-corrected chi connectivity index (χ4v) is 9.65. The molecular formula is C49H69N3O13.